The molecule has 1 radical (unpaired) electrons. The number of carbonyl (C=O) groups excluding carboxylic acids is 1. The maximum Gasteiger partial charge on any atom is 0.308 e. The van der Waals surface area contributed by atoms with Crippen molar-refractivity contribution in [2.75, 3.05) is 0 Å². The van der Waals surface area contributed by atoms with E-state index in [1.165, 1.54) is 43.7 Å². The number of esters is 1. The molecule has 1 aromatic rings. The minimum atomic E-state index is -0.252. The molecule has 2 aliphatic carbocycles. The smallest absolute Gasteiger partial charge is 0.308 e. The van der Waals surface area contributed by atoms with E-state index in [-0.39, 0.29) is 16.8 Å². The monoisotopic (exact) mass is 285 g/mol. The lowest BCUT2D eigenvalue weighted by Gasteiger charge is -2.54. The number of rotatable bonds is 1. The number of fused-ring (bicyclic) bond motifs is 3. The Labute approximate surface area is 127 Å². The zero-order chi connectivity index (χ0) is 15.3. The number of aryl methyl sites for hydroxylation is 1. The van der Waals surface area contributed by atoms with E-state index in [1.807, 2.05) is 6.07 Å². The first kappa shape index (κ1) is 14.6. The second-order valence-corrected chi connectivity index (χ2v) is 7.43. The van der Waals surface area contributed by atoms with Gasteiger partial charge in [0, 0.05) is 6.92 Å². The molecule has 0 saturated heterocycles. The highest BCUT2D eigenvalue weighted by molar-refractivity contribution is 5.69. The van der Waals surface area contributed by atoms with Gasteiger partial charge in [-0.05, 0) is 72.6 Å². The van der Waals surface area contributed by atoms with Crippen LogP contribution in [-0.2, 0) is 16.6 Å². The van der Waals surface area contributed by atoms with Gasteiger partial charge in [0.05, 0.1) is 0 Å². The summed E-state index contributed by atoms with van der Waals surface area (Å²) in [5.74, 6) is 1.04. The van der Waals surface area contributed by atoms with Crippen molar-refractivity contribution in [2.24, 2.45) is 11.3 Å². The predicted molar refractivity (Wildman–Crippen MR) is 84.2 cm³/mol. The summed E-state index contributed by atoms with van der Waals surface area (Å²) in [5.41, 5.74) is 3.12. The van der Waals surface area contributed by atoms with Crippen molar-refractivity contribution in [1.82, 2.24) is 0 Å². The zero-order valence-electron chi connectivity index (χ0n) is 13.4. The lowest BCUT2D eigenvalue weighted by atomic mass is 9.50. The average molecular weight is 285 g/mol. The molecule has 2 nitrogen and oxygen atoms in total. The molecule has 1 saturated carbocycles. The second kappa shape index (κ2) is 4.86. The Kier molecular flexibility index (Phi) is 3.38. The Hall–Kier alpha value is -1.31. The Morgan fingerprint density at radius 3 is 2.81 bits per heavy atom. The van der Waals surface area contributed by atoms with Crippen molar-refractivity contribution in [2.45, 2.75) is 58.3 Å². The third-order valence-corrected chi connectivity index (χ3v) is 5.71. The summed E-state index contributed by atoms with van der Waals surface area (Å²) >= 11 is 0. The summed E-state index contributed by atoms with van der Waals surface area (Å²) in [6.45, 7) is 10.7. The molecule has 3 atom stereocenters. The Balaban J connectivity index is 2.05. The summed E-state index contributed by atoms with van der Waals surface area (Å²) in [6, 6.07) is 6.17. The molecule has 0 aliphatic heterocycles. The van der Waals surface area contributed by atoms with E-state index in [0.717, 1.165) is 6.42 Å². The molecular formula is C19H25O2. The molecule has 2 aliphatic rings. The molecule has 0 spiro atoms. The maximum atomic E-state index is 11.2. The van der Waals surface area contributed by atoms with Crippen LogP contribution >= 0.6 is 0 Å². The van der Waals surface area contributed by atoms with Crippen LogP contribution in [0.15, 0.2) is 18.2 Å². The standard InChI is InChI=1S/C19H25O2/c1-13(20)21-15-8-6-14-7-9-17-18(2,3)10-5-11-19(17,4)16(14)12-15/h6,8,12,17H,2,5,7,9-11H2,1,3-4H3/t17-,18+,19+/m0/s1. The lowest BCUT2D eigenvalue weighted by Crippen LogP contribution is -2.48. The molecule has 1 fully saturated rings. The van der Waals surface area contributed by atoms with E-state index >= 15 is 0 Å². The molecule has 3 rings (SSSR count). The molecule has 113 valence electrons. The fourth-order valence-electron chi connectivity index (χ4n) is 4.80. The summed E-state index contributed by atoms with van der Waals surface area (Å²) in [5, 5.41) is 0. The first-order valence-corrected chi connectivity index (χ1v) is 8.00. The van der Waals surface area contributed by atoms with Gasteiger partial charge in [0.1, 0.15) is 5.75 Å². The molecule has 0 amide bonds. The molecule has 0 unspecified atom stereocenters. The molecule has 0 N–H and O–H groups in total. The van der Waals surface area contributed by atoms with Gasteiger partial charge in [0.15, 0.2) is 0 Å². The Morgan fingerprint density at radius 1 is 1.33 bits per heavy atom. The van der Waals surface area contributed by atoms with Crippen molar-refractivity contribution in [1.29, 1.82) is 0 Å². The predicted octanol–water partition coefficient (Wildman–Crippen LogP) is 4.46. The lowest BCUT2D eigenvalue weighted by molar-refractivity contribution is -0.131. The van der Waals surface area contributed by atoms with E-state index in [1.54, 1.807) is 0 Å². The third-order valence-electron chi connectivity index (χ3n) is 5.71. The molecule has 0 aromatic heterocycles. The van der Waals surface area contributed by atoms with Gasteiger partial charge < -0.3 is 4.74 Å². The van der Waals surface area contributed by atoms with Gasteiger partial charge in [0.25, 0.3) is 0 Å². The fourth-order valence-corrected chi connectivity index (χ4v) is 4.80. The van der Waals surface area contributed by atoms with Crippen LogP contribution in [0.3, 0.4) is 0 Å². The van der Waals surface area contributed by atoms with Gasteiger partial charge >= 0.3 is 5.97 Å². The SMILES string of the molecule is [CH2][C@@]1(C)CCC[C@]2(C)c3cc(OC(C)=O)ccc3CC[C@@H]12. The maximum absolute atomic E-state index is 11.2. The first-order chi connectivity index (χ1) is 9.83. The summed E-state index contributed by atoms with van der Waals surface area (Å²) in [7, 11) is 0. The number of hydrogen-bond donors (Lipinski definition) is 0. The highest BCUT2D eigenvalue weighted by Crippen LogP contribution is 2.57. The van der Waals surface area contributed by atoms with E-state index in [9.17, 15) is 4.79 Å². The zero-order valence-corrected chi connectivity index (χ0v) is 13.4. The van der Waals surface area contributed by atoms with Gasteiger partial charge in [-0.3, -0.25) is 4.79 Å². The molecule has 0 heterocycles. The van der Waals surface area contributed by atoms with Crippen molar-refractivity contribution in [3.63, 3.8) is 0 Å². The molecule has 1 aromatic carbocycles. The number of ether oxygens (including phenoxy) is 1. The van der Waals surface area contributed by atoms with Crippen molar-refractivity contribution < 1.29 is 9.53 Å². The third kappa shape index (κ3) is 2.39. The Morgan fingerprint density at radius 2 is 2.10 bits per heavy atom. The van der Waals surface area contributed by atoms with Crippen LogP contribution in [0.25, 0.3) is 0 Å². The molecule has 2 heteroatoms. The average Bonchev–Trinajstić information content (AvgIpc) is 2.37. The van der Waals surface area contributed by atoms with Gasteiger partial charge in [-0.25, -0.2) is 0 Å². The van der Waals surface area contributed by atoms with Crippen LogP contribution in [0.2, 0.25) is 0 Å². The van der Waals surface area contributed by atoms with Gasteiger partial charge in [-0.1, -0.05) is 26.3 Å². The van der Waals surface area contributed by atoms with Gasteiger partial charge in [-0.2, -0.15) is 0 Å². The number of carbonyl (C=O) groups is 1. The number of benzene rings is 1. The van der Waals surface area contributed by atoms with Crippen molar-refractivity contribution >= 4 is 5.97 Å². The molecule has 0 bridgehead atoms. The van der Waals surface area contributed by atoms with Crippen LogP contribution in [0.1, 0.15) is 57.6 Å². The normalized spacial score (nSPS) is 30.2. The minimum Gasteiger partial charge on any atom is -0.427 e. The fraction of sp³-hybridized carbons (Fsp3) is 0.579. The topological polar surface area (TPSA) is 26.3 Å². The highest BCUT2D eigenvalue weighted by Gasteiger charge is 2.49. The van der Waals surface area contributed by atoms with E-state index in [2.05, 4.69) is 32.9 Å². The van der Waals surface area contributed by atoms with Crippen LogP contribution in [0.4, 0.5) is 0 Å². The van der Waals surface area contributed by atoms with Crippen LogP contribution < -0.4 is 4.74 Å². The van der Waals surface area contributed by atoms with Gasteiger partial charge in [-0.15, -0.1) is 0 Å². The van der Waals surface area contributed by atoms with Crippen LogP contribution in [-0.4, -0.2) is 5.97 Å². The van der Waals surface area contributed by atoms with Gasteiger partial charge in [0.2, 0.25) is 0 Å². The second-order valence-electron chi connectivity index (χ2n) is 7.43. The summed E-state index contributed by atoms with van der Waals surface area (Å²) in [6.07, 6.45) is 5.98. The minimum absolute atomic E-state index is 0.155. The van der Waals surface area contributed by atoms with E-state index < -0.39 is 0 Å². The summed E-state index contributed by atoms with van der Waals surface area (Å²) in [4.78, 5) is 11.2. The summed E-state index contributed by atoms with van der Waals surface area (Å²) < 4.78 is 5.30. The first-order valence-electron chi connectivity index (χ1n) is 8.00. The van der Waals surface area contributed by atoms with E-state index in [4.69, 9.17) is 4.74 Å². The van der Waals surface area contributed by atoms with Crippen molar-refractivity contribution in [3.8, 4) is 5.75 Å². The Bertz CT molecular complexity index is 573. The quantitative estimate of drug-likeness (QED) is 0.562. The molecular weight excluding hydrogens is 260 g/mol. The largest absolute Gasteiger partial charge is 0.427 e. The molecule has 21 heavy (non-hydrogen) atoms. The van der Waals surface area contributed by atoms with Crippen LogP contribution in [0.5, 0.6) is 5.75 Å². The highest BCUT2D eigenvalue weighted by atomic mass is 16.5. The van der Waals surface area contributed by atoms with E-state index in [0.29, 0.717) is 11.7 Å². The van der Waals surface area contributed by atoms with Crippen molar-refractivity contribution in [3.05, 3.63) is 36.2 Å². The number of hydrogen-bond acceptors (Lipinski definition) is 2. The van der Waals surface area contributed by atoms with Crippen LogP contribution in [0, 0.1) is 18.3 Å².